The van der Waals surface area contributed by atoms with Crippen molar-refractivity contribution in [3.8, 4) is 0 Å². The van der Waals surface area contributed by atoms with Gasteiger partial charge in [0.2, 0.25) is 6.08 Å². The molecule has 1 amide bonds. The fourth-order valence-electron chi connectivity index (χ4n) is 0.967. The summed E-state index contributed by atoms with van der Waals surface area (Å²) in [4.78, 5) is 23.2. The lowest BCUT2D eigenvalue weighted by Crippen LogP contribution is -2.07. The van der Waals surface area contributed by atoms with Crippen LogP contribution in [0.2, 0.25) is 0 Å². The highest BCUT2D eigenvalue weighted by molar-refractivity contribution is 5.97. The first-order valence-corrected chi connectivity index (χ1v) is 3.85. The molecule has 0 aromatic heterocycles. The van der Waals surface area contributed by atoms with E-state index >= 15 is 0 Å². The number of amides is 1. The number of nitrogens with zero attached hydrogens (tertiary/aromatic N) is 1. The number of rotatable bonds is 1. The van der Waals surface area contributed by atoms with Gasteiger partial charge in [-0.2, -0.15) is 13.2 Å². The molecular formula is C9H3F4NO2. The third kappa shape index (κ3) is 2.52. The van der Waals surface area contributed by atoms with Gasteiger partial charge in [0.1, 0.15) is 5.82 Å². The predicted molar refractivity (Wildman–Crippen MR) is 43.9 cm³/mol. The Morgan fingerprint density at radius 3 is 2.38 bits per heavy atom. The van der Waals surface area contributed by atoms with Gasteiger partial charge in [0.25, 0.3) is 5.91 Å². The van der Waals surface area contributed by atoms with Crippen molar-refractivity contribution in [1.29, 1.82) is 0 Å². The van der Waals surface area contributed by atoms with Gasteiger partial charge in [0, 0.05) is 0 Å². The molecule has 1 aromatic rings. The van der Waals surface area contributed by atoms with Gasteiger partial charge < -0.3 is 0 Å². The number of hydrogen-bond donors (Lipinski definition) is 0. The molecule has 0 N–H and O–H groups in total. The maximum Gasteiger partial charge on any atom is 0.416 e. The molecule has 0 aliphatic carbocycles. The second-order valence-corrected chi connectivity index (χ2v) is 2.70. The van der Waals surface area contributed by atoms with Crippen LogP contribution in [0.3, 0.4) is 0 Å². The Balaban J connectivity index is 3.20. The highest BCUT2D eigenvalue weighted by atomic mass is 19.4. The fourth-order valence-corrected chi connectivity index (χ4v) is 0.967. The summed E-state index contributed by atoms with van der Waals surface area (Å²) in [7, 11) is 0. The smallest absolute Gasteiger partial charge is 0.266 e. The summed E-state index contributed by atoms with van der Waals surface area (Å²) in [5.74, 6) is -2.67. The van der Waals surface area contributed by atoms with Crippen LogP contribution < -0.4 is 0 Å². The number of alkyl halides is 3. The van der Waals surface area contributed by atoms with Gasteiger partial charge in [0.15, 0.2) is 0 Å². The summed E-state index contributed by atoms with van der Waals surface area (Å²) in [5, 5.41) is 0. The van der Waals surface area contributed by atoms with Crippen molar-refractivity contribution in [3.63, 3.8) is 0 Å². The maximum absolute atomic E-state index is 13.0. The van der Waals surface area contributed by atoms with Crippen molar-refractivity contribution in [1.82, 2.24) is 0 Å². The van der Waals surface area contributed by atoms with Gasteiger partial charge in [-0.05, 0) is 18.2 Å². The lowest BCUT2D eigenvalue weighted by Gasteiger charge is -2.06. The van der Waals surface area contributed by atoms with Crippen LogP contribution >= 0.6 is 0 Å². The van der Waals surface area contributed by atoms with E-state index in [2.05, 4.69) is 4.99 Å². The Morgan fingerprint density at radius 1 is 1.31 bits per heavy atom. The topological polar surface area (TPSA) is 46.5 Å². The highest BCUT2D eigenvalue weighted by Gasteiger charge is 2.31. The largest absolute Gasteiger partial charge is 0.416 e. The van der Waals surface area contributed by atoms with Crippen LogP contribution in [0.1, 0.15) is 15.9 Å². The summed E-state index contributed by atoms with van der Waals surface area (Å²) in [6.07, 6.45) is -3.82. The van der Waals surface area contributed by atoms with Crippen molar-refractivity contribution < 1.29 is 27.2 Å². The lowest BCUT2D eigenvalue weighted by molar-refractivity contribution is -0.137. The van der Waals surface area contributed by atoms with Crippen LogP contribution in [-0.4, -0.2) is 12.0 Å². The first kappa shape index (κ1) is 12.1. The summed E-state index contributed by atoms with van der Waals surface area (Å²) in [5.41, 5.74) is -1.94. The summed E-state index contributed by atoms with van der Waals surface area (Å²) >= 11 is 0. The van der Waals surface area contributed by atoms with E-state index in [1.165, 1.54) is 0 Å². The molecule has 1 rings (SSSR count). The first-order chi connectivity index (χ1) is 7.36. The van der Waals surface area contributed by atoms with E-state index in [0.717, 1.165) is 6.08 Å². The number of carbonyl (C=O) groups excluding carboxylic acids is 2. The molecule has 0 spiro atoms. The Morgan fingerprint density at radius 2 is 1.94 bits per heavy atom. The summed E-state index contributed by atoms with van der Waals surface area (Å²) < 4.78 is 49.4. The minimum absolute atomic E-state index is 0.160. The molecule has 0 aliphatic heterocycles. The summed E-state index contributed by atoms with van der Waals surface area (Å²) in [6.45, 7) is 0. The van der Waals surface area contributed by atoms with Crippen LogP contribution in [0.4, 0.5) is 17.6 Å². The van der Waals surface area contributed by atoms with Crippen molar-refractivity contribution in [3.05, 3.63) is 35.1 Å². The van der Waals surface area contributed by atoms with Gasteiger partial charge in [-0.15, -0.1) is 4.99 Å². The lowest BCUT2D eigenvalue weighted by atomic mass is 10.1. The second kappa shape index (κ2) is 4.24. The van der Waals surface area contributed by atoms with Gasteiger partial charge in [-0.1, -0.05) is 0 Å². The van der Waals surface area contributed by atoms with Gasteiger partial charge in [0.05, 0.1) is 11.1 Å². The van der Waals surface area contributed by atoms with E-state index in [1.54, 1.807) is 0 Å². The molecule has 16 heavy (non-hydrogen) atoms. The molecule has 1 aromatic carbocycles. The van der Waals surface area contributed by atoms with E-state index in [-0.39, 0.29) is 6.07 Å². The number of carbonyl (C=O) groups is 1. The molecule has 0 unspecified atom stereocenters. The minimum Gasteiger partial charge on any atom is -0.266 e. The summed E-state index contributed by atoms with van der Waals surface area (Å²) in [6, 6.07) is 1.30. The number of halogens is 4. The molecule has 0 saturated heterocycles. The van der Waals surface area contributed by atoms with Crippen LogP contribution in [0.5, 0.6) is 0 Å². The molecule has 0 radical (unpaired) electrons. The van der Waals surface area contributed by atoms with Crippen molar-refractivity contribution in [2.45, 2.75) is 6.18 Å². The maximum atomic E-state index is 13.0. The molecule has 7 heteroatoms. The first-order valence-electron chi connectivity index (χ1n) is 3.85. The van der Waals surface area contributed by atoms with E-state index in [0.29, 0.717) is 12.1 Å². The van der Waals surface area contributed by atoms with E-state index < -0.39 is 29.0 Å². The van der Waals surface area contributed by atoms with E-state index in [4.69, 9.17) is 0 Å². The standard InChI is InChI=1S/C9H3F4NO2/c10-7-3-5(9(11,12)13)1-2-6(7)8(16)14-4-15/h1-3H. The molecule has 0 fully saturated rings. The molecule has 84 valence electrons. The molecule has 0 aliphatic rings. The van der Waals surface area contributed by atoms with Crippen LogP contribution in [0.15, 0.2) is 23.2 Å². The average molecular weight is 233 g/mol. The Kier molecular flexibility index (Phi) is 3.20. The Hall–Kier alpha value is -2.01. The zero-order chi connectivity index (χ0) is 12.3. The quantitative estimate of drug-likeness (QED) is 0.424. The van der Waals surface area contributed by atoms with Gasteiger partial charge >= 0.3 is 6.18 Å². The molecule has 0 saturated carbocycles. The third-order valence-corrected chi connectivity index (χ3v) is 1.67. The molecule has 0 bridgehead atoms. The zero-order valence-electron chi connectivity index (χ0n) is 7.51. The predicted octanol–water partition coefficient (Wildman–Crippen LogP) is 2.32. The van der Waals surface area contributed by atoms with Gasteiger partial charge in [-0.25, -0.2) is 9.18 Å². The van der Waals surface area contributed by atoms with Crippen molar-refractivity contribution in [2.75, 3.05) is 0 Å². The fraction of sp³-hybridized carbons (Fsp3) is 0.111. The normalized spacial score (nSPS) is 10.8. The van der Waals surface area contributed by atoms with Crippen molar-refractivity contribution in [2.24, 2.45) is 4.99 Å². The van der Waals surface area contributed by atoms with E-state index in [9.17, 15) is 27.2 Å². The number of benzene rings is 1. The van der Waals surface area contributed by atoms with Gasteiger partial charge in [-0.3, -0.25) is 4.79 Å². The number of aliphatic imine (C=N–C) groups is 1. The minimum atomic E-state index is -4.70. The second-order valence-electron chi connectivity index (χ2n) is 2.70. The zero-order valence-corrected chi connectivity index (χ0v) is 7.51. The average Bonchev–Trinajstić information content (AvgIpc) is 2.16. The van der Waals surface area contributed by atoms with Crippen LogP contribution in [-0.2, 0) is 11.0 Å². The molecule has 0 atom stereocenters. The third-order valence-electron chi connectivity index (χ3n) is 1.67. The molecule has 3 nitrogen and oxygen atoms in total. The van der Waals surface area contributed by atoms with Crippen LogP contribution in [0, 0.1) is 5.82 Å². The van der Waals surface area contributed by atoms with Crippen molar-refractivity contribution >= 4 is 12.0 Å². The van der Waals surface area contributed by atoms with E-state index in [1.807, 2.05) is 0 Å². The number of hydrogen-bond acceptors (Lipinski definition) is 2. The monoisotopic (exact) mass is 233 g/mol. The number of isocyanates is 1. The molecule has 0 heterocycles. The SMILES string of the molecule is O=C=NC(=O)c1ccc(C(F)(F)F)cc1F. The highest BCUT2D eigenvalue weighted by Crippen LogP contribution is 2.30. The molecular weight excluding hydrogens is 230 g/mol. The van der Waals surface area contributed by atoms with Crippen LogP contribution in [0.25, 0.3) is 0 Å². The Labute approximate surface area is 86.4 Å². The Bertz CT molecular complexity index is 475.